The third-order valence-electron chi connectivity index (χ3n) is 10.8. The number of aryl methyl sites for hydroxylation is 2. The number of pyridine rings is 2. The molecule has 5 nitrogen and oxygen atoms in total. The van der Waals surface area contributed by atoms with Gasteiger partial charge in [-0.3, -0.25) is 9.97 Å². The summed E-state index contributed by atoms with van der Waals surface area (Å²) in [7, 11) is 2.02. The Morgan fingerprint density at radius 3 is 1.79 bits per heavy atom. The van der Waals surface area contributed by atoms with E-state index in [2.05, 4.69) is 162 Å². The van der Waals surface area contributed by atoms with Crippen molar-refractivity contribution in [3.63, 3.8) is 0 Å². The highest BCUT2D eigenvalue weighted by molar-refractivity contribution is 5.95. The number of aromatic hydroxyl groups is 1. The van der Waals surface area contributed by atoms with Crippen LogP contribution in [-0.4, -0.2) is 24.6 Å². The summed E-state index contributed by atoms with van der Waals surface area (Å²) in [5, 5.41) is 11.8. The average Bonchev–Trinajstić information content (AvgIpc) is 3.53. The molecule has 0 atom stereocenters. The molecule has 0 bridgehead atoms. The van der Waals surface area contributed by atoms with Gasteiger partial charge in [0.15, 0.2) is 0 Å². The molecule has 0 aliphatic rings. The average molecular weight is 733 g/mol. The van der Waals surface area contributed by atoms with Gasteiger partial charge in [-0.2, -0.15) is 0 Å². The minimum Gasteiger partial charge on any atom is -0.507 e. The number of benzene rings is 5. The van der Waals surface area contributed by atoms with Crippen molar-refractivity contribution in [1.29, 1.82) is 0 Å². The van der Waals surface area contributed by atoms with Gasteiger partial charge in [0, 0.05) is 36.1 Å². The van der Waals surface area contributed by atoms with E-state index < -0.39 is 0 Å². The van der Waals surface area contributed by atoms with Crippen LogP contribution < -0.4 is 0 Å². The van der Waals surface area contributed by atoms with Crippen LogP contribution in [0.1, 0.15) is 58.2 Å². The van der Waals surface area contributed by atoms with E-state index in [1.54, 1.807) is 0 Å². The first-order valence-corrected chi connectivity index (χ1v) is 19.3. The van der Waals surface area contributed by atoms with Crippen LogP contribution in [0.4, 0.5) is 0 Å². The molecule has 3 heterocycles. The lowest BCUT2D eigenvalue weighted by Crippen LogP contribution is -2.17. The second-order valence-corrected chi connectivity index (χ2v) is 16.9. The van der Waals surface area contributed by atoms with Gasteiger partial charge in [0.05, 0.1) is 22.5 Å². The Balaban J connectivity index is 1.28. The summed E-state index contributed by atoms with van der Waals surface area (Å²) in [6.07, 6.45) is 3.82. The fourth-order valence-corrected chi connectivity index (χ4v) is 7.56. The fraction of sp³-hybridized carbons (Fsp3) is 0.196. The van der Waals surface area contributed by atoms with Gasteiger partial charge in [0.2, 0.25) is 0 Å². The Kier molecular flexibility index (Phi) is 9.20. The van der Waals surface area contributed by atoms with Crippen LogP contribution in [0.5, 0.6) is 5.75 Å². The second kappa shape index (κ2) is 14.1. The summed E-state index contributed by atoms with van der Waals surface area (Å²) in [6.45, 7) is 15.2. The van der Waals surface area contributed by atoms with Crippen molar-refractivity contribution in [2.45, 2.75) is 59.3 Å². The van der Waals surface area contributed by atoms with Crippen LogP contribution in [0, 0.1) is 6.92 Å². The smallest absolute Gasteiger partial charge is 0.144 e. The lowest BCUT2D eigenvalue weighted by Gasteiger charge is -2.27. The predicted octanol–water partition coefficient (Wildman–Crippen LogP) is 13.0. The zero-order chi connectivity index (χ0) is 39.4. The Morgan fingerprint density at radius 1 is 0.554 bits per heavy atom. The van der Waals surface area contributed by atoms with Crippen LogP contribution in [0.15, 0.2) is 140 Å². The number of hydrogen-bond donors (Lipinski definition) is 1. The van der Waals surface area contributed by atoms with Gasteiger partial charge in [-0.1, -0.05) is 133 Å². The monoisotopic (exact) mass is 732 g/mol. The zero-order valence-corrected chi connectivity index (χ0v) is 33.5. The maximum Gasteiger partial charge on any atom is 0.144 e. The standard InChI is InChI=1S/C51H48N4O/c1-32-31-53-44(30-41(32)36-21-19-35(20-22-36)33-15-11-9-12-16-33)38-25-37(34-17-13-10-14-18-34)26-39(27-38)46-47-45(23-24-52-46)55(8)49(54-47)42-28-40(50(2,3)4)29-43(48(42)56)51(5,6)7/h9-31,56H,1-8H3. The number of phenols is 1. The molecule has 5 heteroatoms. The van der Waals surface area contributed by atoms with Crippen LogP contribution in [-0.2, 0) is 17.9 Å². The first-order valence-electron chi connectivity index (χ1n) is 19.3. The lowest BCUT2D eigenvalue weighted by atomic mass is 9.79. The molecular formula is C51H48N4O. The molecule has 0 aliphatic heterocycles. The van der Waals surface area contributed by atoms with Gasteiger partial charge in [0.1, 0.15) is 17.1 Å². The van der Waals surface area contributed by atoms with E-state index in [1.165, 1.54) is 11.1 Å². The van der Waals surface area contributed by atoms with Crippen molar-refractivity contribution >= 4 is 11.0 Å². The number of rotatable bonds is 6. The van der Waals surface area contributed by atoms with E-state index in [-0.39, 0.29) is 16.6 Å². The Labute approximate surface area is 330 Å². The number of aromatic nitrogens is 4. The van der Waals surface area contributed by atoms with Crippen LogP contribution in [0.25, 0.3) is 78.3 Å². The molecule has 0 spiro atoms. The van der Waals surface area contributed by atoms with Crippen molar-refractivity contribution < 1.29 is 5.11 Å². The molecule has 0 fully saturated rings. The molecule has 0 unspecified atom stereocenters. The van der Waals surface area contributed by atoms with Gasteiger partial charge < -0.3 is 9.67 Å². The van der Waals surface area contributed by atoms with Crippen molar-refractivity contribution in [2.75, 3.05) is 0 Å². The van der Waals surface area contributed by atoms with Crippen molar-refractivity contribution in [3.8, 4) is 73.0 Å². The van der Waals surface area contributed by atoms with Gasteiger partial charge in [-0.05, 0) is 98.7 Å². The van der Waals surface area contributed by atoms with E-state index in [1.807, 2.05) is 37.6 Å². The summed E-state index contributed by atoms with van der Waals surface area (Å²) in [5.74, 6) is 0.966. The Morgan fingerprint density at radius 2 is 1.14 bits per heavy atom. The predicted molar refractivity (Wildman–Crippen MR) is 233 cm³/mol. The van der Waals surface area contributed by atoms with Crippen molar-refractivity contribution in [3.05, 3.63) is 156 Å². The molecule has 0 amide bonds. The quantitative estimate of drug-likeness (QED) is 0.185. The molecule has 0 saturated heterocycles. The number of nitrogens with zero attached hydrogens (tertiary/aromatic N) is 4. The molecule has 0 saturated carbocycles. The third-order valence-corrected chi connectivity index (χ3v) is 10.8. The molecule has 8 rings (SSSR count). The summed E-state index contributed by atoms with van der Waals surface area (Å²) < 4.78 is 2.08. The molecule has 0 radical (unpaired) electrons. The summed E-state index contributed by atoms with van der Waals surface area (Å²) in [5.41, 5.74) is 15.6. The van der Waals surface area contributed by atoms with Crippen LogP contribution in [0.3, 0.4) is 0 Å². The zero-order valence-electron chi connectivity index (χ0n) is 33.5. The first-order chi connectivity index (χ1) is 26.8. The molecular weight excluding hydrogens is 685 g/mol. The molecule has 5 aromatic carbocycles. The van der Waals surface area contributed by atoms with Gasteiger partial charge in [-0.15, -0.1) is 0 Å². The summed E-state index contributed by atoms with van der Waals surface area (Å²) >= 11 is 0. The van der Waals surface area contributed by atoms with Gasteiger partial charge in [-0.25, -0.2) is 4.98 Å². The van der Waals surface area contributed by atoms with Crippen molar-refractivity contribution in [1.82, 2.24) is 19.5 Å². The number of fused-ring (bicyclic) bond motifs is 1. The Hall–Kier alpha value is -6.33. The maximum atomic E-state index is 11.8. The summed E-state index contributed by atoms with van der Waals surface area (Å²) in [4.78, 5) is 15.3. The van der Waals surface area contributed by atoms with Crippen LogP contribution >= 0.6 is 0 Å². The van der Waals surface area contributed by atoms with Crippen molar-refractivity contribution in [2.24, 2.45) is 7.05 Å². The highest BCUT2D eigenvalue weighted by Crippen LogP contribution is 2.43. The van der Waals surface area contributed by atoms with E-state index in [9.17, 15) is 5.11 Å². The van der Waals surface area contributed by atoms with Gasteiger partial charge in [0.25, 0.3) is 0 Å². The molecule has 8 aromatic rings. The molecule has 0 aliphatic carbocycles. The maximum absolute atomic E-state index is 11.8. The first kappa shape index (κ1) is 36.6. The topological polar surface area (TPSA) is 63.8 Å². The molecule has 1 N–H and O–H groups in total. The highest BCUT2D eigenvalue weighted by Gasteiger charge is 2.28. The second-order valence-electron chi connectivity index (χ2n) is 16.9. The van der Waals surface area contributed by atoms with E-state index >= 15 is 0 Å². The molecule has 3 aromatic heterocycles. The van der Waals surface area contributed by atoms with E-state index in [0.29, 0.717) is 5.82 Å². The number of phenolic OH excluding ortho intramolecular Hbond substituents is 1. The molecule has 278 valence electrons. The van der Waals surface area contributed by atoms with E-state index in [0.717, 1.165) is 78.1 Å². The third kappa shape index (κ3) is 6.90. The largest absolute Gasteiger partial charge is 0.507 e. The number of imidazole rings is 1. The SMILES string of the molecule is Cc1cnc(-c2cc(-c3ccccc3)cc(-c3nccc4c3nc(-c3cc(C(C)(C)C)cc(C(C)(C)C)c3O)n4C)c2)cc1-c1ccc(-c2ccccc2)cc1. The van der Waals surface area contributed by atoms with Crippen LogP contribution in [0.2, 0.25) is 0 Å². The lowest BCUT2D eigenvalue weighted by molar-refractivity contribution is 0.446. The minimum absolute atomic E-state index is 0.122. The highest BCUT2D eigenvalue weighted by atomic mass is 16.3. The fourth-order valence-electron chi connectivity index (χ4n) is 7.56. The van der Waals surface area contributed by atoms with Gasteiger partial charge >= 0.3 is 0 Å². The minimum atomic E-state index is -0.263. The van der Waals surface area contributed by atoms with E-state index in [4.69, 9.17) is 15.0 Å². The number of hydrogen-bond acceptors (Lipinski definition) is 4. The molecule has 56 heavy (non-hydrogen) atoms. The Bertz CT molecular complexity index is 2710. The normalized spacial score (nSPS) is 12.0. The summed E-state index contributed by atoms with van der Waals surface area (Å²) in [6, 6.07) is 44.7.